The number of aromatic nitrogens is 3. The van der Waals surface area contributed by atoms with Crippen LogP contribution in [-0.4, -0.2) is 51.4 Å². The summed E-state index contributed by atoms with van der Waals surface area (Å²) in [6.45, 7) is 6.88. The Hall–Kier alpha value is -2.15. The Labute approximate surface area is 142 Å². The maximum Gasteiger partial charge on any atom is 0.319 e. The maximum atomic E-state index is 12.1. The fourth-order valence-electron chi connectivity index (χ4n) is 3.35. The van der Waals surface area contributed by atoms with Gasteiger partial charge in [0.1, 0.15) is 0 Å². The minimum atomic E-state index is -0.192. The highest BCUT2D eigenvalue weighted by Crippen LogP contribution is 2.19. The average molecular weight is 330 g/mol. The van der Waals surface area contributed by atoms with Crippen LogP contribution in [0.3, 0.4) is 0 Å². The van der Waals surface area contributed by atoms with Crippen LogP contribution in [0.2, 0.25) is 0 Å². The fraction of sp³-hybridized carbons (Fsp3) is 0.588. The van der Waals surface area contributed by atoms with E-state index in [4.69, 9.17) is 0 Å². The summed E-state index contributed by atoms with van der Waals surface area (Å²) in [5.41, 5.74) is 2.41. The van der Waals surface area contributed by atoms with Gasteiger partial charge in [-0.25, -0.2) is 9.78 Å². The molecule has 2 amide bonds. The van der Waals surface area contributed by atoms with Crippen LogP contribution in [0, 0.1) is 6.92 Å². The number of nitrogens with one attached hydrogen (secondary N) is 2. The Morgan fingerprint density at radius 2 is 2.25 bits per heavy atom. The van der Waals surface area contributed by atoms with Crippen molar-refractivity contribution in [2.45, 2.75) is 39.2 Å². The van der Waals surface area contributed by atoms with Gasteiger partial charge in [0.15, 0.2) is 5.65 Å². The van der Waals surface area contributed by atoms with Crippen LogP contribution < -0.4 is 10.6 Å². The maximum absolute atomic E-state index is 12.1. The van der Waals surface area contributed by atoms with Crippen molar-refractivity contribution < 1.29 is 4.79 Å². The summed E-state index contributed by atoms with van der Waals surface area (Å²) < 4.78 is 1.74. The highest BCUT2D eigenvalue weighted by atomic mass is 16.2. The summed E-state index contributed by atoms with van der Waals surface area (Å²) in [6, 6.07) is 2.34. The SMILES string of the molecule is Cc1nn(C)c2ncc(NC(=O)NCCN3CCCCC3C)cc12. The first-order valence-corrected chi connectivity index (χ1v) is 8.63. The molecule has 1 aliphatic heterocycles. The Morgan fingerprint density at radius 3 is 3.04 bits per heavy atom. The van der Waals surface area contributed by atoms with Crippen molar-refractivity contribution in [2.75, 3.05) is 25.0 Å². The van der Waals surface area contributed by atoms with Crippen molar-refractivity contribution in [3.63, 3.8) is 0 Å². The van der Waals surface area contributed by atoms with Crippen LogP contribution in [0.25, 0.3) is 11.0 Å². The molecule has 2 aromatic rings. The molecule has 0 bridgehead atoms. The molecular weight excluding hydrogens is 304 g/mol. The normalized spacial score (nSPS) is 18.7. The predicted molar refractivity (Wildman–Crippen MR) is 95.2 cm³/mol. The van der Waals surface area contributed by atoms with Crippen molar-refractivity contribution in [3.8, 4) is 0 Å². The number of amides is 2. The van der Waals surface area contributed by atoms with Gasteiger partial charge in [-0.3, -0.25) is 9.58 Å². The zero-order valence-electron chi connectivity index (χ0n) is 14.7. The van der Waals surface area contributed by atoms with E-state index in [1.54, 1.807) is 10.9 Å². The van der Waals surface area contributed by atoms with Crippen molar-refractivity contribution in [2.24, 2.45) is 7.05 Å². The van der Waals surface area contributed by atoms with Gasteiger partial charge in [-0.1, -0.05) is 6.42 Å². The molecule has 1 atom stereocenters. The first-order chi connectivity index (χ1) is 11.5. The van der Waals surface area contributed by atoms with Gasteiger partial charge in [-0.05, 0) is 39.3 Å². The lowest BCUT2D eigenvalue weighted by molar-refractivity contribution is 0.162. The van der Waals surface area contributed by atoms with Gasteiger partial charge >= 0.3 is 6.03 Å². The van der Waals surface area contributed by atoms with E-state index >= 15 is 0 Å². The molecule has 0 spiro atoms. The number of nitrogens with zero attached hydrogens (tertiary/aromatic N) is 4. The van der Waals surface area contributed by atoms with Gasteiger partial charge < -0.3 is 10.6 Å². The molecule has 130 valence electrons. The molecule has 0 radical (unpaired) electrons. The summed E-state index contributed by atoms with van der Waals surface area (Å²) in [6.07, 6.45) is 5.49. The van der Waals surface area contributed by atoms with E-state index in [1.165, 1.54) is 19.3 Å². The molecule has 0 aliphatic carbocycles. The minimum absolute atomic E-state index is 0.192. The van der Waals surface area contributed by atoms with Crippen LogP contribution in [0.4, 0.5) is 10.5 Å². The lowest BCUT2D eigenvalue weighted by Gasteiger charge is -2.33. The quantitative estimate of drug-likeness (QED) is 0.902. The summed E-state index contributed by atoms with van der Waals surface area (Å²) in [5.74, 6) is 0. The number of urea groups is 1. The summed E-state index contributed by atoms with van der Waals surface area (Å²) in [4.78, 5) is 18.9. The number of anilines is 1. The second kappa shape index (κ2) is 7.17. The molecule has 24 heavy (non-hydrogen) atoms. The third-order valence-electron chi connectivity index (χ3n) is 4.75. The minimum Gasteiger partial charge on any atom is -0.337 e. The highest BCUT2D eigenvalue weighted by molar-refractivity contribution is 5.91. The summed E-state index contributed by atoms with van der Waals surface area (Å²) in [5, 5.41) is 11.1. The van der Waals surface area contributed by atoms with E-state index in [2.05, 4.69) is 32.5 Å². The molecule has 2 aromatic heterocycles. The van der Waals surface area contributed by atoms with Crippen LogP contribution in [0.15, 0.2) is 12.3 Å². The van der Waals surface area contributed by atoms with E-state index in [-0.39, 0.29) is 6.03 Å². The molecule has 1 unspecified atom stereocenters. The average Bonchev–Trinajstić information content (AvgIpc) is 2.83. The molecule has 7 nitrogen and oxygen atoms in total. The second-order valence-corrected chi connectivity index (χ2v) is 6.57. The topological polar surface area (TPSA) is 75.1 Å². The number of carbonyl (C=O) groups excluding carboxylic acids is 1. The van der Waals surface area contributed by atoms with Gasteiger partial charge in [0.25, 0.3) is 0 Å². The molecular formula is C17H26N6O. The zero-order valence-corrected chi connectivity index (χ0v) is 14.7. The van der Waals surface area contributed by atoms with E-state index in [9.17, 15) is 4.79 Å². The molecule has 1 aliphatic rings. The van der Waals surface area contributed by atoms with E-state index < -0.39 is 0 Å². The number of carbonyl (C=O) groups is 1. The first kappa shape index (κ1) is 16.7. The number of fused-ring (bicyclic) bond motifs is 1. The molecule has 0 saturated carbocycles. The van der Waals surface area contributed by atoms with Crippen molar-refractivity contribution in [1.82, 2.24) is 25.0 Å². The molecule has 1 fully saturated rings. The van der Waals surface area contributed by atoms with Gasteiger partial charge in [0.05, 0.1) is 17.6 Å². The predicted octanol–water partition coefficient (Wildman–Crippen LogP) is 2.27. The number of aryl methyl sites for hydroxylation is 2. The van der Waals surface area contributed by atoms with Gasteiger partial charge in [0.2, 0.25) is 0 Å². The van der Waals surface area contributed by atoms with Gasteiger partial charge in [-0.2, -0.15) is 5.10 Å². The fourth-order valence-corrected chi connectivity index (χ4v) is 3.35. The third kappa shape index (κ3) is 3.67. The van der Waals surface area contributed by atoms with Gasteiger partial charge in [-0.15, -0.1) is 0 Å². The highest BCUT2D eigenvalue weighted by Gasteiger charge is 2.17. The van der Waals surface area contributed by atoms with Crippen molar-refractivity contribution in [3.05, 3.63) is 18.0 Å². The number of hydrogen-bond donors (Lipinski definition) is 2. The van der Waals surface area contributed by atoms with E-state index in [1.807, 2.05) is 20.0 Å². The lowest BCUT2D eigenvalue weighted by atomic mass is 10.0. The largest absolute Gasteiger partial charge is 0.337 e. The number of piperidine rings is 1. The smallest absolute Gasteiger partial charge is 0.319 e. The number of hydrogen-bond acceptors (Lipinski definition) is 4. The van der Waals surface area contributed by atoms with Crippen LogP contribution in [-0.2, 0) is 7.05 Å². The van der Waals surface area contributed by atoms with E-state index in [0.29, 0.717) is 18.3 Å². The molecule has 0 aromatic carbocycles. The summed E-state index contributed by atoms with van der Waals surface area (Å²) >= 11 is 0. The first-order valence-electron chi connectivity index (χ1n) is 8.63. The second-order valence-electron chi connectivity index (χ2n) is 6.57. The Morgan fingerprint density at radius 1 is 1.42 bits per heavy atom. The standard InChI is InChI=1S/C17H26N6O/c1-12-6-4-5-8-23(12)9-7-18-17(24)20-14-10-15-13(2)21-22(3)16(15)19-11-14/h10-12H,4-9H2,1-3H3,(H2,18,20,24). The number of pyridine rings is 1. The summed E-state index contributed by atoms with van der Waals surface area (Å²) in [7, 11) is 1.86. The zero-order chi connectivity index (χ0) is 17.1. The molecule has 7 heteroatoms. The Balaban J connectivity index is 1.52. The van der Waals surface area contributed by atoms with Gasteiger partial charge in [0, 0.05) is 31.6 Å². The van der Waals surface area contributed by atoms with Crippen LogP contribution in [0.1, 0.15) is 31.9 Å². The molecule has 3 rings (SSSR count). The van der Waals surface area contributed by atoms with Crippen molar-refractivity contribution >= 4 is 22.8 Å². The number of likely N-dealkylation sites (tertiary alicyclic amines) is 1. The number of rotatable bonds is 4. The van der Waals surface area contributed by atoms with Crippen LogP contribution >= 0.6 is 0 Å². The monoisotopic (exact) mass is 330 g/mol. The van der Waals surface area contributed by atoms with E-state index in [0.717, 1.165) is 29.8 Å². The third-order valence-corrected chi connectivity index (χ3v) is 4.75. The molecule has 3 heterocycles. The van der Waals surface area contributed by atoms with Crippen molar-refractivity contribution in [1.29, 1.82) is 0 Å². The molecule has 2 N–H and O–H groups in total. The Kier molecular flexibility index (Phi) is 4.99. The Bertz CT molecular complexity index is 725. The lowest BCUT2D eigenvalue weighted by Crippen LogP contribution is -2.43. The molecule has 1 saturated heterocycles. The van der Waals surface area contributed by atoms with Crippen LogP contribution in [0.5, 0.6) is 0 Å².